The lowest BCUT2D eigenvalue weighted by Crippen LogP contribution is -2.03. The standard InChI is InChI=1S/C5H10O.C3H9N.C2H6.H2/c1-2-4-6-5-3-1;1-2-3-4;1-2;/h1-5H2;2-4H2,1H3;1-2H3;1H. The highest BCUT2D eigenvalue weighted by Gasteiger charge is 1.94. The Morgan fingerprint density at radius 1 is 1.17 bits per heavy atom. The SMILES string of the molecule is C1CCOCC1.CC.CCCN.[HH]. The molecule has 2 nitrogen and oxygen atoms in total. The number of hydrogen-bond donors (Lipinski definition) is 1. The van der Waals surface area contributed by atoms with Crippen LogP contribution in [-0.2, 0) is 4.74 Å². The zero-order valence-corrected chi connectivity index (χ0v) is 8.94. The van der Waals surface area contributed by atoms with Crippen molar-refractivity contribution in [3.8, 4) is 0 Å². The van der Waals surface area contributed by atoms with Gasteiger partial charge < -0.3 is 10.5 Å². The summed E-state index contributed by atoms with van der Waals surface area (Å²) in [6.45, 7) is 8.88. The number of hydrogen-bond acceptors (Lipinski definition) is 2. The third-order valence-electron chi connectivity index (χ3n) is 1.37. The molecule has 1 saturated heterocycles. The van der Waals surface area contributed by atoms with Crippen LogP contribution < -0.4 is 5.73 Å². The molecule has 1 aliphatic rings. The first-order valence-corrected chi connectivity index (χ1v) is 5.19. The third kappa shape index (κ3) is 16.5. The van der Waals surface area contributed by atoms with Gasteiger partial charge in [-0.2, -0.15) is 0 Å². The smallest absolute Gasteiger partial charge is 0.0466 e. The highest BCUT2D eigenvalue weighted by Crippen LogP contribution is 2.02. The van der Waals surface area contributed by atoms with Gasteiger partial charge in [-0.3, -0.25) is 0 Å². The van der Waals surface area contributed by atoms with Crippen molar-refractivity contribution in [2.24, 2.45) is 5.73 Å². The van der Waals surface area contributed by atoms with E-state index in [9.17, 15) is 0 Å². The predicted molar refractivity (Wildman–Crippen MR) is 57.5 cm³/mol. The van der Waals surface area contributed by atoms with E-state index in [2.05, 4.69) is 6.92 Å². The Labute approximate surface area is 79.0 Å². The molecule has 78 valence electrons. The van der Waals surface area contributed by atoms with Crippen LogP contribution in [0.25, 0.3) is 0 Å². The van der Waals surface area contributed by atoms with Crippen molar-refractivity contribution in [2.75, 3.05) is 19.8 Å². The minimum atomic E-state index is 0. The van der Waals surface area contributed by atoms with Gasteiger partial charge in [0, 0.05) is 14.6 Å². The van der Waals surface area contributed by atoms with Gasteiger partial charge in [0.05, 0.1) is 0 Å². The summed E-state index contributed by atoms with van der Waals surface area (Å²) < 4.78 is 5.07. The van der Waals surface area contributed by atoms with Crippen molar-refractivity contribution in [3.05, 3.63) is 0 Å². The Morgan fingerprint density at radius 3 is 1.67 bits per heavy atom. The fraction of sp³-hybridized carbons (Fsp3) is 1.00. The predicted octanol–water partition coefficient (Wildman–Crippen LogP) is 2.81. The quantitative estimate of drug-likeness (QED) is 0.668. The van der Waals surface area contributed by atoms with Gasteiger partial charge in [0.1, 0.15) is 0 Å². The topological polar surface area (TPSA) is 35.2 Å². The Kier molecular flexibility index (Phi) is 20.6. The monoisotopic (exact) mass is 177 g/mol. The molecule has 2 N–H and O–H groups in total. The molecule has 0 spiro atoms. The molecule has 1 aliphatic heterocycles. The molecule has 0 aromatic carbocycles. The van der Waals surface area contributed by atoms with Gasteiger partial charge in [0.2, 0.25) is 0 Å². The van der Waals surface area contributed by atoms with Crippen molar-refractivity contribution in [3.63, 3.8) is 0 Å². The molecular weight excluding hydrogens is 150 g/mol. The summed E-state index contributed by atoms with van der Waals surface area (Å²) in [6.07, 6.45) is 5.03. The largest absolute Gasteiger partial charge is 0.381 e. The second-order valence-corrected chi connectivity index (χ2v) is 2.46. The summed E-state index contributed by atoms with van der Waals surface area (Å²) in [5, 5.41) is 0. The fourth-order valence-corrected chi connectivity index (χ4v) is 0.687. The van der Waals surface area contributed by atoms with Gasteiger partial charge in [-0.25, -0.2) is 0 Å². The molecule has 0 unspecified atom stereocenters. The molecule has 12 heavy (non-hydrogen) atoms. The second kappa shape index (κ2) is 17.1. The average molecular weight is 177 g/mol. The summed E-state index contributed by atoms with van der Waals surface area (Å²) >= 11 is 0. The van der Waals surface area contributed by atoms with Crippen molar-refractivity contribution in [1.29, 1.82) is 0 Å². The van der Waals surface area contributed by atoms with Crippen LogP contribution in [0, 0.1) is 0 Å². The summed E-state index contributed by atoms with van der Waals surface area (Å²) in [6, 6.07) is 0. The van der Waals surface area contributed by atoms with E-state index < -0.39 is 0 Å². The number of ether oxygens (including phenoxy) is 1. The van der Waals surface area contributed by atoms with Gasteiger partial charge in [-0.05, 0) is 32.2 Å². The zero-order chi connectivity index (χ0) is 9.66. The van der Waals surface area contributed by atoms with E-state index in [4.69, 9.17) is 10.5 Å². The lowest BCUT2D eigenvalue weighted by Gasteiger charge is -2.08. The molecule has 1 fully saturated rings. The van der Waals surface area contributed by atoms with E-state index in [-0.39, 0.29) is 1.43 Å². The fourth-order valence-electron chi connectivity index (χ4n) is 0.687. The first-order valence-electron chi connectivity index (χ1n) is 5.19. The Balaban J connectivity index is -0.000000128. The van der Waals surface area contributed by atoms with E-state index in [0.29, 0.717) is 0 Å². The molecule has 0 aromatic rings. The van der Waals surface area contributed by atoms with Gasteiger partial charge >= 0.3 is 0 Å². The van der Waals surface area contributed by atoms with Gasteiger partial charge in [-0.15, -0.1) is 0 Å². The maximum atomic E-state index is 5.07. The van der Waals surface area contributed by atoms with E-state index in [1.54, 1.807) is 0 Å². The second-order valence-electron chi connectivity index (χ2n) is 2.46. The minimum Gasteiger partial charge on any atom is -0.381 e. The van der Waals surface area contributed by atoms with Crippen LogP contribution in [0.1, 0.15) is 47.9 Å². The number of nitrogens with two attached hydrogens (primary N) is 1. The summed E-state index contributed by atoms with van der Waals surface area (Å²) in [5.74, 6) is 0. The molecule has 2 heteroatoms. The van der Waals surface area contributed by atoms with Gasteiger partial charge in [0.15, 0.2) is 0 Å². The average Bonchev–Trinajstić information content (AvgIpc) is 2.24. The highest BCUT2D eigenvalue weighted by atomic mass is 16.5. The summed E-state index contributed by atoms with van der Waals surface area (Å²) in [7, 11) is 0. The number of rotatable bonds is 1. The molecular formula is C10H27NO. The van der Waals surface area contributed by atoms with Crippen LogP contribution in [0.4, 0.5) is 0 Å². The highest BCUT2D eigenvalue weighted by molar-refractivity contribution is 4.45. The molecule has 0 atom stereocenters. The molecule has 0 bridgehead atoms. The van der Waals surface area contributed by atoms with Crippen LogP contribution in [0.2, 0.25) is 0 Å². The van der Waals surface area contributed by atoms with Crippen molar-refractivity contribution >= 4 is 0 Å². The van der Waals surface area contributed by atoms with Crippen LogP contribution in [0.15, 0.2) is 0 Å². The van der Waals surface area contributed by atoms with Gasteiger partial charge in [-0.1, -0.05) is 20.8 Å². The summed E-state index contributed by atoms with van der Waals surface area (Å²) in [4.78, 5) is 0. The maximum Gasteiger partial charge on any atom is 0.0466 e. The summed E-state index contributed by atoms with van der Waals surface area (Å²) in [5.41, 5.74) is 5.03. The molecule has 0 radical (unpaired) electrons. The third-order valence-corrected chi connectivity index (χ3v) is 1.37. The lowest BCUT2D eigenvalue weighted by molar-refractivity contribution is 0.0968. The minimum absolute atomic E-state index is 0. The molecule has 0 aliphatic carbocycles. The van der Waals surface area contributed by atoms with E-state index >= 15 is 0 Å². The molecule has 0 amide bonds. The molecule has 1 heterocycles. The normalized spacial score (nSPS) is 15.0. The molecule has 0 saturated carbocycles. The van der Waals surface area contributed by atoms with Crippen LogP contribution in [-0.4, -0.2) is 19.8 Å². The van der Waals surface area contributed by atoms with E-state index in [1.807, 2.05) is 13.8 Å². The van der Waals surface area contributed by atoms with Crippen LogP contribution >= 0.6 is 0 Å². The van der Waals surface area contributed by atoms with Crippen molar-refractivity contribution in [1.82, 2.24) is 0 Å². The van der Waals surface area contributed by atoms with E-state index in [0.717, 1.165) is 26.2 Å². The van der Waals surface area contributed by atoms with Crippen molar-refractivity contribution < 1.29 is 6.16 Å². The van der Waals surface area contributed by atoms with Crippen molar-refractivity contribution in [2.45, 2.75) is 46.5 Å². The first-order chi connectivity index (χ1) is 5.91. The van der Waals surface area contributed by atoms with E-state index in [1.165, 1.54) is 19.3 Å². The molecule has 1 rings (SSSR count). The maximum absolute atomic E-state index is 5.07. The Hall–Kier alpha value is -0.0800. The Bertz CT molecular complexity index is 45.4. The first kappa shape index (κ1) is 14.4. The Morgan fingerprint density at radius 2 is 1.58 bits per heavy atom. The van der Waals surface area contributed by atoms with Crippen LogP contribution in [0.5, 0.6) is 0 Å². The molecule has 0 aromatic heterocycles. The zero-order valence-electron chi connectivity index (χ0n) is 8.94. The lowest BCUT2D eigenvalue weighted by atomic mass is 10.2. The van der Waals surface area contributed by atoms with Crippen LogP contribution in [0.3, 0.4) is 0 Å². The van der Waals surface area contributed by atoms with Gasteiger partial charge in [0.25, 0.3) is 0 Å².